The molecule has 37 heavy (non-hydrogen) atoms. The number of anilines is 2. The highest BCUT2D eigenvalue weighted by Crippen LogP contribution is 2.27. The van der Waals surface area contributed by atoms with E-state index < -0.39 is 6.17 Å². The number of amides is 1. The van der Waals surface area contributed by atoms with Gasteiger partial charge >= 0.3 is 6.01 Å². The van der Waals surface area contributed by atoms with Crippen molar-refractivity contribution in [3.05, 3.63) is 90.0 Å². The standard InChI is InChI=1S/C28H25N5O4/c34-26-25(30-24(18-6-2-1-3-7-18)22-8-4-5-9-23(22)29-26)31-28-33-32-27(37-28)19-10-12-20(13-11-19)36-21-14-16-35-17-15-21/h1-13,21,25H,14-17H2,(H,29,34)(H,31,33). The Morgan fingerprint density at radius 3 is 2.43 bits per heavy atom. The summed E-state index contributed by atoms with van der Waals surface area (Å²) in [6, 6.07) is 24.9. The van der Waals surface area contributed by atoms with Crippen LogP contribution >= 0.6 is 0 Å². The van der Waals surface area contributed by atoms with Crippen molar-refractivity contribution >= 4 is 23.3 Å². The van der Waals surface area contributed by atoms with Gasteiger partial charge in [0, 0.05) is 29.5 Å². The smallest absolute Gasteiger partial charge is 0.317 e. The molecule has 6 rings (SSSR count). The van der Waals surface area contributed by atoms with Crippen molar-refractivity contribution in [2.45, 2.75) is 25.1 Å². The Morgan fingerprint density at radius 2 is 1.62 bits per heavy atom. The van der Waals surface area contributed by atoms with E-state index in [-0.39, 0.29) is 18.0 Å². The summed E-state index contributed by atoms with van der Waals surface area (Å²) in [6.45, 7) is 1.45. The molecule has 1 amide bonds. The predicted molar refractivity (Wildman–Crippen MR) is 139 cm³/mol. The number of benzene rings is 3. The summed E-state index contributed by atoms with van der Waals surface area (Å²) >= 11 is 0. The number of benzodiazepines with no additional fused rings is 1. The molecule has 2 aliphatic rings. The molecule has 186 valence electrons. The number of aromatic nitrogens is 2. The van der Waals surface area contributed by atoms with E-state index in [0.29, 0.717) is 17.3 Å². The van der Waals surface area contributed by atoms with Crippen LogP contribution in [-0.2, 0) is 9.53 Å². The summed E-state index contributed by atoms with van der Waals surface area (Å²) in [5, 5.41) is 14.2. The average Bonchev–Trinajstić information content (AvgIpc) is 3.36. The molecule has 4 aromatic rings. The summed E-state index contributed by atoms with van der Waals surface area (Å²) in [5.41, 5.74) is 3.85. The fourth-order valence-electron chi connectivity index (χ4n) is 4.36. The number of nitrogens with one attached hydrogen (secondary N) is 2. The zero-order chi connectivity index (χ0) is 25.0. The van der Waals surface area contributed by atoms with Crippen molar-refractivity contribution in [2.75, 3.05) is 23.8 Å². The van der Waals surface area contributed by atoms with Crippen LogP contribution in [-0.4, -0.2) is 47.3 Å². The van der Waals surface area contributed by atoms with Crippen molar-refractivity contribution in [3.8, 4) is 17.2 Å². The molecule has 1 unspecified atom stereocenters. The van der Waals surface area contributed by atoms with Gasteiger partial charge in [0.05, 0.1) is 24.6 Å². The van der Waals surface area contributed by atoms with Crippen LogP contribution in [0.2, 0.25) is 0 Å². The molecule has 9 heteroatoms. The maximum absolute atomic E-state index is 13.0. The van der Waals surface area contributed by atoms with Crippen LogP contribution in [0.25, 0.3) is 11.5 Å². The van der Waals surface area contributed by atoms with Gasteiger partial charge in [0.25, 0.3) is 5.91 Å². The molecule has 3 aromatic carbocycles. The van der Waals surface area contributed by atoms with E-state index in [1.54, 1.807) is 0 Å². The molecule has 3 heterocycles. The third kappa shape index (κ3) is 5.07. The Bertz CT molecular complexity index is 1410. The lowest BCUT2D eigenvalue weighted by Gasteiger charge is -2.23. The number of para-hydroxylation sites is 1. The van der Waals surface area contributed by atoms with Crippen LogP contribution in [0, 0.1) is 0 Å². The van der Waals surface area contributed by atoms with Gasteiger partial charge in [0.2, 0.25) is 12.1 Å². The Kier molecular flexibility index (Phi) is 6.35. The van der Waals surface area contributed by atoms with Gasteiger partial charge in [-0.1, -0.05) is 53.6 Å². The van der Waals surface area contributed by atoms with Crippen LogP contribution in [0.5, 0.6) is 5.75 Å². The summed E-state index contributed by atoms with van der Waals surface area (Å²) in [4.78, 5) is 17.8. The van der Waals surface area contributed by atoms with E-state index in [0.717, 1.165) is 48.5 Å². The first kappa shape index (κ1) is 22.9. The molecule has 1 saturated heterocycles. The highest BCUT2D eigenvalue weighted by Gasteiger charge is 2.27. The largest absolute Gasteiger partial charge is 0.490 e. The lowest BCUT2D eigenvalue weighted by Crippen LogP contribution is -2.32. The van der Waals surface area contributed by atoms with Gasteiger partial charge in [-0.25, -0.2) is 4.99 Å². The number of carbonyl (C=O) groups is 1. The zero-order valence-corrected chi connectivity index (χ0v) is 20.0. The third-order valence-corrected chi connectivity index (χ3v) is 6.25. The molecule has 0 radical (unpaired) electrons. The molecular formula is C28H25N5O4. The predicted octanol–water partition coefficient (Wildman–Crippen LogP) is 4.52. The van der Waals surface area contributed by atoms with Gasteiger partial charge in [0.1, 0.15) is 11.9 Å². The fourth-order valence-corrected chi connectivity index (χ4v) is 4.36. The quantitative estimate of drug-likeness (QED) is 0.405. The Hall–Kier alpha value is -4.50. The van der Waals surface area contributed by atoms with E-state index in [1.165, 1.54) is 0 Å². The molecule has 2 aliphatic heterocycles. The molecule has 0 bridgehead atoms. The topological polar surface area (TPSA) is 111 Å². The molecule has 2 N–H and O–H groups in total. The first-order chi connectivity index (χ1) is 18.2. The van der Waals surface area contributed by atoms with Crippen LogP contribution in [0.1, 0.15) is 24.0 Å². The van der Waals surface area contributed by atoms with E-state index in [2.05, 4.69) is 20.8 Å². The molecule has 1 atom stereocenters. The number of carbonyl (C=O) groups excluding carboxylic acids is 1. The first-order valence-corrected chi connectivity index (χ1v) is 12.2. The Morgan fingerprint density at radius 1 is 0.865 bits per heavy atom. The maximum atomic E-state index is 13.0. The van der Waals surface area contributed by atoms with Gasteiger partial charge in [-0.15, -0.1) is 5.10 Å². The van der Waals surface area contributed by atoms with Crippen molar-refractivity contribution in [1.82, 2.24) is 10.2 Å². The average molecular weight is 496 g/mol. The van der Waals surface area contributed by atoms with E-state index in [4.69, 9.17) is 18.9 Å². The Balaban J connectivity index is 1.21. The molecule has 9 nitrogen and oxygen atoms in total. The number of aliphatic imine (C=N–C) groups is 1. The summed E-state index contributed by atoms with van der Waals surface area (Å²) in [7, 11) is 0. The lowest BCUT2D eigenvalue weighted by molar-refractivity contribution is -0.116. The first-order valence-electron chi connectivity index (χ1n) is 12.2. The summed E-state index contributed by atoms with van der Waals surface area (Å²) < 4.78 is 17.2. The number of ether oxygens (including phenoxy) is 2. The molecular weight excluding hydrogens is 470 g/mol. The monoisotopic (exact) mass is 495 g/mol. The highest BCUT2D eigenvalue weighted by molar-refractivity contribution is 6.19. The van der Waals surface area contributed by atoms with Crippen LogP contribution in [0.3, 0.4) is 0 Å². The van der Waals surface area contributed by atoms with Crippen LogP contribution < -0.4 is 15.4 Å². The van der Waals surface area contributed by atoms with Crippen molar-refractivity contribution < 1.29 is 18.7 Å². The number of nitrogens with zero attached hydrogens (tertiary/aromatic N) is 3. The number of fused-ring (bicyclic) bond motifs is 1. The SMILES string of the molecule is O=C1Nc2ccccc2C(c2ccccc2)=NC1Nc1nnc(-c2ccc(OC3CCOCC3)cc2)o1. The normalized spacial score (nSPS) is 17.8. The van der Waals surface area contributed by atoms with Crippen molar-refractivity contribution in [3.63, 3.8) is 0 Å². The van der Waals surface area contributed by atoms with Crippen LogP contribution in [0.15, 0.2) is 88.3 Å². The van der Waals surface area contributed by atoms with E-state index >= 15 is 0 Å². The molecule has 1 fully saturated rings. The van der Waals surface area contributed by atoms with E-state index in [1.807, 2.05) is 78.9 Å². The van der Waals surface area contributed by atoms with Crippen molar-refractivity contribution in [1.29, 1.82) is 0 Å². The second kappa shape index (κ2) is 10.2. The minimum atomic E-state index is -0.967. The zero-order valence-electron chi connectivity index (χ0n) is 20.0. The van der Waals surface area contributed by atoms with Gasteiger partial charge in [-0.05, 0) is 30.3 Å². The Labute approximate surface area is 213 Å². The van der Waals surface area contributed by atoms with Gasteiger partial charge in [-0.2, -0.15) is 0 Å². The molecule has 0 spiro atoms. The van der Waals surface area contributed by atoms with Crippen LogP contribution in [0.4, 0.5) is 11.7 Å². The second-order valence-electron chi connectivity index (χ2n) is 8.79. The van der Waals surface area contributed by atoms with Gasteiger partial charge < -0.3 is 24.5 Å². The fraction of sp³-hybridized carbons (Fsp3) is 0.214. The second-order valence-corrected chi connectivity index (χ2v) is 8.79. The maximum Gasteiger partial charge on any atom is 0.317 e. The number of hydrogen-bond acceptors (Lipinski definition) is 8. The molecule has 0 saturated carbocycles. The van der Waals surface area contributed by atoms with Crippen molar-refractivity contribution in [2.24, 2.45) is 4.99 Å². The third-order valence-electron chi connectivity index (χ3n) is 6.25. The van der Waals surface area contributed by atoms with Gasteiger partial charge in [0.15, 0.2) is 0 Å². The lowest BCUT2D eigenvalue weighted by atomic mass is 10.0. The highest BCUT2D eigenvalue weighted by atomic mass is 16.5. The number of rotatable bonds is 6. The van der Waals surface area contributed by atoms with Gasteiger partial charge in [-0.3, -0.25) is 4.79 Å². The number of hydrogen-bond donors (Lipinski definition) is 2. The minimum Gasteiger partial charge on any atom is -0.490 e. The molecule has 0 aliphatic carbocycles. The minimum absolute atomic E-state index is 0.0970. The summed E-state index contributed by atoms with van der Waals surface area (Å²) in [6.07, 6.45) is 0.965. The summed E-state index contributed by atoms with van der Waals surface area (Å²) in [5.74, 6) is 0.781. The molecule has 1 aromatic heterocycles. The van der Waals surface area contributed by atoms with E-state index in [9.17, 15) is 4.79 Å².